The lowest BCUT2D eigenvalue weighted by Crippen LogP contribution is -2.30. The maximum absolute atomic E-state index is 12.7. The number of nitro groups is 1. The molecule has 11 heteroatoms. The number of hydrogen-bond donors (Lipinski definition) is 2. The fraction of sp³-hybridized carbons (Fsp3) is 0.300. The SMILES string of the molecule is COc1ccc(C(=O)Nc2cccc(S(=O)(=O)NC3=NCCCCC3)c2)cc1[N+](=O)[O-]. The first-order valence-corrected chi connectivity index (χ1v) is 11.1. The molecule has 1 heterocycles. The number of methoxy groups -OCH3 is 1. The van der Waals surface area contributed by atoms with Crippen molar-refractivity contribution >= 4 is 33.1 Å². The highest BCUT2D eigenvalue weighted by molar-refractivity contribution is 7.90. The van der Waals surface area contributed by atoms with Crippen molar-refractivity contribution in [2.24, 2.45) is 4.99 Å². The molecule has 0 aromatic heterocycles. The number of carbonyl (C=O) groups excluding carboxylic acids is 1. The first-order chi connectivity index (χ1) is 14.8. The minimum absolute atomic E-state index is 0.0297. The van der Waals surface area contributed by atoms with Crippen LogP contribution in [-0.2, 0) is 10.0 Å². The van der Waals surface area contributed by atoms with Crippen LogP contribution in [0.3, 0.4) is 0 Å². The number of nitro benzene ring substituents is 1. The van der Waals surface area contributed by atoms with Crippen LogP contribution in [0, 0.1) is 10.1 Å². The summed E-state index contributed by atoms with van der Waals surface area (Å²) in [6.45, 7) is 0.585. The second kappa shape index (κ2) is 9.56. The highest BCUT2D eigenvalue weighted by Gasteiger charge is 2.20. The maximum atomic E-state index is 12.7. The molecule has 0 aliphatic carbocycles. The Balaban J connectivity index is 1.79. The molecule has 10 nitrogen and oxygen atoms in total. The number of sulfonamides is 1. The van der Waals surface area contributed by atoms with E-state index >= 15 is 0 Å². The summed E-state index contributed by atoms with van der Waals surface area (Å²) in [4.78, 5) is 27.3. The quantitative estimate of drug-likeness (QED) is 0.516. The summed E-state index contributed by atoms with van der Waals surface area (Å²) < 4.78 is 32.9. The van der Waals surface area contributed by atoms with Gasteiger partial charge in [0.05, 0.1) is 16.9 Å². The number of hydrogen-bond acceptors (Lipinski definition) is 7. The lowest BCUT2D eigenvalue weighted by molar-refractivity contribution is -0.385. The number of anilines is 1. The summed E-state index contributed by atoms with van der Waals surface area (Å²) in [5.74, 6) is -0.166. The lowest BCUT2D eigenvalue weighted by Gasteiger charge is -2.11. The van der Waals surface area contributed by atoms with E-state index in [-0.39, 0.29) is 27.6 Å². The molecule has 0 fully saturated rings. The molecule has 0 radical (unpaired) electrons. The van der Waals surface area contributed by atoms with Gasteiger partial charge in [0.2, 0.25) is 0 Å². The second-order valence-electron chi connectivity index (χ2n) is 6.87. The van der Waals surface area contributed by atoms with E-state index in [1.165, 1.54) is 43.5 Å². The Labute approximate surface area is 179 Å². The van der Waals surface area contributed by atoms with Gasteiger partial charge in [-0.05, 0) is 43.2 Å². The average Bonchev–Trinajstić information content (AvgIpc) is 3.01. The molecule has 2 aromatic carbocycles. The van der Waals surface area contributed by atoms with Crippen molar-refractivity contribution in [1.29, 1.82) is 0 Å². The van der Waals surface area contributed by atoms with Crippen LogP contribution in [-0.4, -0.2) is 38.7 Å². The third-order valence-corrected chi connectivity index (χ3v) is 6.05. The minimum Gasteiger partial charge on any atom is -0.490 e. The smallest absolute Gasteiger partial charge is 0.311 e. The average molecular weight is 446 g/mol. The molecule has 0 saturated carbocycles. The molecule has 0 saturated heterocycles. The van der Waals surface area contributed by atoms with Gasteiger partial charge < -0.3 is 10.1 Å². The number of aliphatic imine (C=N–C) groups is 1. The van der Waals surface area contributed by atoms with E-state index in [4.69, 9.17) is 4.74 Å². The number of ether oxygens (including phenoxy) is 1. The van der Waals surface area contributed by atoms with Crippen molar-refractivity contribution in [3.63, 3.8) is 0 Å². The van der Waals surface area contributed by atoms with Crippen molar-refractivity contribution in [2.75, 3.05) is 19.0 Å². The van der Waals surface area contributed by atoms with Crippen molar-refractivity contribution in [3.05, 3.63) is 58.1 Å². The van der Waals surface area contributed by atoms with Crippen molar-refractivity contribution in [3.8, 4) is 5.75 Å². The van der Waals surface area contributed by atoms with Crippen molar-refractivity contribution in [2.45, 2.75) is 30.6 Å². The van der Waals surface area contributed by atoms with Crippen LogP contribution in [0.4, 0.5) is 11.4 Å². The second-order valence-corrected chi connectivity index (χ2v) is 8.55. The van der Waals surface area contributed by atoms with E-state index in [1.807, 2.05) is 0 Å². The van der Waals surface area contributed by atoms with Crippen LogP contribution in [0.15, 0.2) is 52.4 Å². The summed E-state index contributed by atoms with van der Waals surface area (Å²) in [7, 11) is -2.57. The van der Waals surface area contributed by atoms with Crippen molar-refractivity contribution in [1.82, 2.24) is 4.72 Å². The molecule has 0 unspecified atom stereocenters. The Morgan fingerprint density at radius 2 is 1.97 bits per heavy atom. The van der Waals surface area contributed by atoms with Crippen molar-refractivity contribution < 1.29 is 22.9 Å². The van der Waals surface area contributed by atoms with Gasteiger partial charge in [-0.25, -0.2) is 8.42 Å². The van der Waals surface area contributed by atoms with Crippen LogP contribution < -0.4 is 14.8 Å². The maximum Gasteiger partial charge on any atom is 0.311 e. The standard InChI is InChI=1S/C20H22N4O6S/c1-30-18-10-9-14(12-17(18)24(26)27)20(25)22-15-6-5-7-16(13-15)31(28,29)23-19-8-3-2-4-11-21-19/h5-7,9-10,12-13H,2-4,8,11H2,1H3,(H,21,23)(H,22,25). The third-order valence-electron chi connectivity index (χ3n) is 4.67. The van der Waals surface area contributed by atoms with E-state index in [1.54, 1.807) is 0 Å². The van der Waals surface area contributed by atoms with Crippen LogP contribution in [0.2, 0.25) is 0 Å². The number of benzene rings is 2. The molecule has 164 valence electrons. The van der Waals surface area contributed by atoms with Gasteiger partial charge in [-0.3, -0.25) is 24.6 Å². The topological polar surface area (TPSA) is 140 Å². The Morgan fingerprint density at radius 3 is 2.71 bits per heavy atom. The molecule has 0 bridgehead atoms. The number of amides is 1. The fourth-order valence-corrected chi connectivity index (χ4v) is 4.22. The Bertz CT molecular complexity index is 1130. The van der Waals surface area contributed by atoms with Gasteiger partial charge in [-0.15, -0.1) is 0 Å². The molecule has 31 heavy (non-hydrogen) atoms. The molecule has 2 aromatic rings. The van der Waals surface area contributed by atoms with E-state index in [0.29, 0.717) is 18.8 Å². The summed E-state index contributed by atoms with van der Waals surface area (Å²) in [5, 5.41) is 13.7. The van der Waals surface area contributed by atoms with Crippen LogP contribution in [0.1, 0.15) is 36.0 Å². The predicted octanol–water partition coefficient (Wildman–Crippen LogP) is 3.11. The van der Waals surface area contributed by atoms with Gasteiger partial charge in [0.25, 0.3) is 15.9 Å². The van der Waals surface area contributed by atoms with E-state index in [0.717, 1.165) is 25.3 Å². The van der Waals surface area contributed by atoms with Gasteiger partial charge in [0.15, 0.2) is 5.75 Å². The Morgan fingerprint density at radius 1 is 1.16 bits per heavy atom. The van der Waals surface area contributed by atoms with Crippen LogP contribution >= 0.6 is 0 Å². The summed E-state index contributed by atoms with van der Waals surface area (Å²) in [6.07, 6.45) is 3.35. The Hall–Kier alpha value is -3.47. The lowest BCUT2D eigenvalue weighted by atomic mass is 10.1. The zero-order valence-corrected chi connectivity index (χ0v) is 17.6. The summed E-state index contributed by atoms with van der Waals surface area (Å²) in [5.41, 5.74) is -0.0827. The van der Waals surface area contributed by atoms with Gasteiger partial charge in [0.1, 0.15) is 5.84 Å². The van der Waals surface area contributed by atoms with Gasteiger partial charge >= 0.3 is 5.69 Å². The fourth-order valence-electron chi connectivity index (χ4n) is 3.09. The van der Waals surface area contributed by atoms with Crippen LogP contribution in [0.25, 0.3) is 0 Å². The largest absolute Gasteiger partial charge is 0.490 e. The van der Waals surface area contributed by atoms with Gasteiger partial charge in [-0.2, -0.15) is 0 Å². The first kappa shape index (κ1) is 22.2. The number of carbonyl (C=O) groups is 1. The van der Waals surface area contributed by atoms with Crippen LogP contribution in [0.5, 0.6) is 5.75 Å². The molecule has 2 N–H and O–H groups in total. The monoisotopic (exact) mass is 446 g/mol. The molecule has 1 amide bonds. The molecule has 1 aliphatic rings. The molecule has 1 aliphatic heterocycles. The number of rotatable bonds is 6. The minimum atomic E-state index is -3.86. The summed E-state index contributed by atoms with van der Waals surface area (Å²) in [6, 6.07) is 9.55. The van der Waals surface area contributed by atoms with E-state index < -0.39 is 20.9 Å². The molecule has 3 rings (SSSR count). The third kappa shape index (κ3) is 5.57. The molecular formula is C20H22N4O6S. The predicted molar refractivity (Wildman–Crippen MR) is 115 cm³/mol. The normalized spacial score (nSPS) is 14.2. The highest BCUT2D eigenvalue weighted by Crippen LogP contribution is 2.28. The number of nitrogens with zero attached hydrogens (tertiary/aromatic N) is 2. The summed E-state index contributed by atoms with van der Waals surface area (Å²) >= 11 is 0. The molecular weight excluding hydrogens is 424 g/mol. The number of amidine groups is 1. The number of nitrogens with one attached hydrogen (secondary N) is 2. The molecule has 0 spiro atoms. The first-order valence-electron chi connectivity index (χ1n) is 9.60. The van der Waals surface area contributed by atoms with Gasteiger partial charge in [0, 0.05) is 30.3 Å². The van der Waals surface area contributed by atoms with E-state index in [9.17, 15) is 23.3 Å². The van der Waals surface area contributed by atoms with Gasteiger partial charge in [-0.1, -0.05) is 12.5 Å². The zero-order valence-electron chi connectivity index (χ0n) is 16.8. The Kier molecular flexibility index (Phi) is 6.85. The molecule has 0 atom stereocenters. The zero-order chi connectivity index (χ0) is 22.4. The van der Waals surface area contributed by atoms with E-state index in [2.05, 4.69) is 15.0 Å². The highest BCUT2D eigenvalue weighted by atomic mass is 32.2.